The first-order chi connectivity index (χ1) is 9.10. The average molecular weight is 338 g/mol. The van der Waals surface area contributed by atoms with Crippen LogP contribution in [-0.2, 0) is 0 Å². The van der Waals surface area contributed by atoms with E-state index in [-0.39, 0.29) is 23.7 Å². The van der Waals surface area contributed by atoms with Gasteiger partial charge in [0, 0.05) is 11.6 Å². The van der Waals surface area contributed by atoms with Crippen LogP contribution in [0.3, 0.4) is 0 Å². The van der Waals surface area contributed by atoms with Crippen LogP contribution in [-0.4, -0.2) is 31.1 Å². The molecule has 1 atom stereocenters. The Kier molecular flexibility index (Phi) is 6.65. The highest BCUT2D eigenvalue weighted by molar-refractivity contribution is 5.85. The van der Waals surface area contributed by atoms with Crippen molar-refractivity contribution < 1.29 is 36.5 Å². The summed E-state index contributed by atoms with van der Waals surface area (Å²) in [5.41, 5.74) is 5.03. The number of aliphatic hydroxyl groups excluding tert-OH is 1. The number of halogens is 6. The van der Waals surface area contributed by atoms with E-state index in [1.165, 1.54) is 0 Å². The summed E-state index contributed by atoms with van der Waals surface area (Å²) in [6, 6.07) is 0.616. The molecule has 0 aliphatic rings. The molecule has 0 saturated heterocycles. The van der Waals surface area contributed by atoms with Crippen molar-refractivity contribution in [2.45, 2.75) is 18.3 Å². The number of hydrogen-bond acceptors (Lipinski definition) is 4. The first-order valence-corrected chi connectivity index (χ1v) is 5.28. The lowest BCUT2D eigenvalue weighted by Crippen LogP contribution is -2.36. The molecule has 1 rings (SSSR count). The summed E-state index contributed by atoms with van der Waals surface area (Å²) >= 11 is 0. The lowest BCUT2D eigenvalue weighted by molar-refractivity contribution is -0.274. The molecule has 0 aliphatic heterocycles. The van der Waals surface area contributed by atoms with Crippen LogP contribution in [0.15, 0.2) is 18.2 Å². The van der Waals surface area contributed by atoms with Gasteiger partial charge in [0.05, 0.1) is 7.11 Å². The van der Waals surface area contributed by atoms with Crippen molar-refractivity contribution in [3.8, 4) is 11.5 Å². The lowest BCUT2D eigenvalue weighted by atomic mass is 10.0. The molecule has 0 spiro atoms. The van der Waals surface area contributed by atoms with Crippen molar-refractivity contribution in [1.29, 1.82) is 0 Å². The number of ether oxygens (including phenoxy) is 2. The molecule has 0 aliphatic carbocycles. The summed E-state index contributed by atoms with van der Waals surface area (Å²) in [6.45, 7) is -1.50. The van der Waals surface area contributed by atoms with Crippen LogP contribution in [0.5, 0.6) is 11.5 Å². The molecule has 122 valence electrons. The number of benzene rings is 1. The van der Waals surface area contributed by atoms with Crippen LogP contribution in [0.25, 0.3) is 0 Å². The first kappa shape index (κ1) is 19.7. The molecule has 0 heterocycles. The molecule has 10 heteroatoms. The maximum Gasteiger partial charge on any atom is 0.573 e. The molecule has 3 N–H and O–H groups in total. The molecule has 1 aromatic rings. The minimum atomic E-state index is -4.91. The molecule has 0 unspecified atom stereocenters. The van der Waals surface area contributed by atoms with Gasteiger partial charge in [-0.3, -0.25) is 0 Å². The van der Waals surface area contributed by atoms with Gasteiger partial charge in [-0.25, -0.2) is 8.78 Å². The predicted octanol–water partition coefficient (Wildman–Crippen LogP) is 2.64. The van der Waals surface area contributed by atoms with Crippen LogP contribution in [0.2, 0.25) is 0 Å². The molecule has 4 nitrogen and oxygen atoms in total. The number of alkyl halides is 5. The maximum absolute atomic E-state index is 13.3. The van der Waals surface area contributed by atoms with E-state index in [0.29, 0.717) is 0 Å². The third-order valence-corrected chi connectivity index (χ3v) is 2.44. The quantitative estimate of drug-likeness (QED) is 0.811. The van der Waals surface area contributed by atoms with Crippen LogP contribution in [0, 0.1) is 0 Å². The maximum atomic E-state index is 13.3. The molecule has 1 aromatic carbocycles. The number of rotatable bonds is 5. The fourth-order valence-electron chi connectivity index (χ4n) is 1.47. The Balaban J connectivity index is 0.00000400. The third kappa shape index (κ3) is 5.18. The Morgan fingerprint density at radius 2 is 1.81 bits per heavy atom. The zero-order valence-corrected chi connectivity index (χ0v) is 11.5. The van der Waals surface area contributed by atoms with Gasteiger partial charge in [-0.1, -0.05) is 0 Å². The minimum absolute atomic E-state index is 0. The number of nitrogens with two attached hydrogens (primary N) is 1. The van der Waals surface area contributed by atoms with Crippen molar-refractivity contribution in [1.82, 2.24) is 0 Å². The molecule has 0 saturated carbocycles. The smallest absolute Gasteiger partial charge is 0.496 e. The molecule has 0 fully saturated rings. The van der Waals surface area contributed by atoms with E-state index in [1.807, 2.05) is 0 Å². The van der Waals surface area contributed by atoms with Gasteiger partial charge in [-0.05, 0) is 12.1 Å². The van der Waals surface area contributed by atoms with Crippen LogP contribution in [0.4, 0.5) is 22.0 Å². The molecule has 0 radical (unpaired) electrons. The summed E-state index contributed by atoms with van der Waals surface area (Å²) in [5, 5.41) is 8.55. The second-order valence-electron chi connectivity index (χ2n) is 3.85. The van der Waals surface area contributed by atoms with E-state index in [2.05, 4.69) is 4.74 Å². The second kappa shape index (κ2) is 7.10. The normalized spacial score (nSPS) is 13.3. The van der Waals surface area contributed by atoms with Gasteiger partial charge in [0.15, 0.2) is 0 Å². The van der Waals surface area contributed by atoms with Gasteiger partial charge in [-0.2, -0.15) is 0 Å². The minimum Gasteiger partial charge on any atom is -0.496 e. The fourth-order valence-corrected chi connectivity index (χ4v) is 1.47. The fraction of sp³-hybridized carbons (Fsp3) is 0.455. The highest BCUT2D eigenvalue weighted by Crippen LogP contribution is 2.37. The molecular weight excluding hydrogens is 325 g/mol. The molecule has 0 amide bonds. The van der Waals surface area contributed by atoms with Crippen LogP contribution in [0.1, 0.15) is 11.6 Å². The van der Waals surface area contributed by atoms with E-state index in [9.17, 15) is 22.0 Å². The largest absolute Gasteiger partial charge is 0.573 e. The molecule has 0 bridgehead atoms. The van der Waals surface area contributed by atoms with E-state index in [4.69, 9.17) is 15.6 Å². The Bertz CT molecular complexity index is 470. The molecular formula is C11H13ClF5NO3. The van der Waals surface area contributed by atoms with E-state index < -0.39 is 30.7 Å². The lowest BCUT2D eigenvalue weighted by Gasteiger charge is -2.23. The van der Waals surface area contributed by atoms with Gasteiger partial charge in [0.25, 0.3) is 5.92 Å². The van der Waals surface area contributed by atoms with Crippen LogP contribution >= 0.6 is 12.4 Å². The molecule has 0 aromatic heterocycles. The van der Waals surface area contributed by atoms with Gasteiger partial charge in [-0.15, -0.1) is 25.6 Å². The topological polar surface area (TPSA) is 64.7 Å². The van der Waals surface area contributed by atoms with Crippen molar-refractivity contribution in [3.63, 3.8) is 0 Å². The van der Waals surface area contributed by atoms with Gasteiger partial charge in [0.2, 0.25) is 0 Å². The van der Waals surface area contributed by atoms with E-state index >= 15 is 0 Å². The summed E-state index contributed by atoms with van der Waals surface area (Å²) in [5.74, 6) is -4.57. The highest BCUT2D eigenvalue weighted by atomic mass is 35.5. The predicted molar refractivity (Wildman–Crippen MR) is 65.9 cm³/mol. The van der Waals surface area contributed by atoms with Crippen molar-refractivity contribution >= 4 is 12.4 Å². The van der Waals surface area contributed by atoms with Crippen molar-refractivity contribution in [2.75, 3.05) is 13.7 Å². The second-order valence-corrected chi connectivity index (χ2v) is 3.85. The van der Waals surface area contributed by atoms with Gasteiger partial charge >= 0.3 is 6.36 Å². The number of hydrogen-bond donors (Lipinski definition) is 2. The Morgan fingerprint density at radius 1 is 1.24 bits per heavy atom. The monoisotopic (exact) mass is 337 g/mol. The summed E-state index contributed by atoms with van der Waals surface area (Å²) in [6.07, 6.45) is -4.91. The van der Waals surface area contributed by atoms with Gasteiger partial charge < -0.3 is 20.3 Å². The average Bonchev–Trinajstić information content (AvgIpc) is 2.35. The SMILES string of the molecule is COc1cc(OC(F)(F)F)ccc1[C@@H](N)C(F)(F)CO.Cl. The first-order valence-electron chi connectivity index (χ1n) is 5.28. The Morgan fingerprint density at radius 3 is 2.24 bits per heavy atom. The molecule has 21 heavy (non-hydrogen) atoms. The standard InChI is InChI=1S/C11H12F5NO3.ClH/c1-19-8-4-6(20-11(14,15)16)2-3-7(8)9(17)10(12,13)5-18;/h2-4,9,18H,5,17H2,1H3;1H/t9-;/m1./s1. The number of aliphatic hydroxyl groups is 1. The zero-order chi connectivity index (χ0) is 15.6. The zero-order valence-electron chi connectivity index (χ0n) is 10.7. The summed E-state index contributed by atoms with van der Waals surface area (Å²) in [4.78, 5) is 0. The van der Waals surface area contributed by atoms with Crippen molar-refractivity contribution in [3.05, 3.63) is 23.8 Å². The van der Waals surface area contributed by atoms with Gasteiger partial charge in [0.1, 0.15) is 24.1 Å². The van der Waals surface area contributed by atoms with E-state index in [1.54, 1.807) is 0 Å². The van der Waals surface area contributed by atoms with Crippen LogP contribution < -0.4 is 15.2 Å². The highest BCUT2D eigenvalue weighted by Gasteiger charge is 2.39. The number of methoxy groups -OCH3 is 1. The summed E-state index contributed by atoms with van der Waals surface area (Å²) < 4.78 is 71.0. The third-order valence-electron chi connectivity index (χ3n) is 2.44. The van der Waals surface area contributed by atoms with E-state index in [0.717, 1.165) is 25.3 Å². The Hall–Kier alpha value is -1.32. The summed E-state index contributed by atoms with van der Waals surface area (Å²) in [7, 11) is 1.08. The Labute approximate surface area is 123 Å². The van der Waals surface area contributed by atoms with Crippen molar-refractivity contribution in [2.24, 2.45) is 5.73 Å².